The Morgan fingerprint density at radius 2 is 2.14 bits per heavy atom. The average molecular weight is 313 g/mol. The molecule has 1 aliphatic rings. The molecule has 0 unspecified atom stereocenters. The summed E-state index contributed by atoms with van der Waals surface area (Å²) in [5, 5.41) is 5.16. The van der Waals surface area contributed by atoms with E-state index in [1.165, 1.54) is 11.3 Å². The summed E-state index contributed by atoms with van der Waals surface area (Å²) >= 11 is 1.51. The number of nitrogen functional groups attached to an aromatic ring is 1. The summed E-state index contributed by atoms with van der Waals surface area (Å²) in [5.41, 5.74) is 6.50. The number of rotatable bonds is 1. The molecule has 0 bridgehead atoms. The van der Waals surface area contributed by atoms with Crippen LogP contribution in [0.3, 0.4) is 0 Å². The van der Waals surface area contributed by atoms with Crippen molar-refractivity contribution in [3.63, 3.8) is 0 Å². The number of nitrogens with one attached hydrogen (secondary N) is 1. The highest BCUT2D eigenvalue weighted by Crippen LogP contribution is 2.31. The number of amides is 1. The second-order valence-electron chi connectivity index (χ2n) is 5.30. The third kappa shape index (κ3) is 2.18. The molecule has 0 atom stereocenters. The zero-order valence-electron chi connectivity index (χ0n) is 11.9. The van der Waals surface area contributed by atoms with E-state index < -0.39 is 0 Å². The van der Waals surface area contributed by atoms with Gasteiger partial charge in [0.15, 0.2) is 0 Å². The lowest BCUT2D eigenvalue weighted by molar-refractivity contribution is 0.0741. The number of piperazine rings is 1. The minimum atomic E-state index is 0.0953. The molecule has 112 valence electrons. The van der Waals surface area contributed by atoms with Crippen molar-refractivity contribution < 1.29 is 4.79 Å². The third-order valence-electron chi connectivity index (χ3n) is 3.88. The molecule has 0 aliphatic carbocycles. The number of anilines is 1. The summed E-state index contributed by atoms with van der Waals surface area (Å²) in [7, 11) is 0. The molecule has 2 aromatic heterocycles. The SMILES string of the molecule is Nc1ncc2ccc3sc(C(=O)N4CCNCC4)cc3c2n1. The highest BCUT2D eigenvalue weighted by atomic mass is 32.1. The Balaban J connectivity index is 1.81. The Bertz CT molecular complexity index is 869. The number of nitrogens with zero attached hydrogens (tertiary/aromatic N) is 3. The van der Waals surface area contributed by atoms with Gasteiger partial charge in [-0.15, -0.1) is 11.3 Å². The van der Waals surface area contributed by atoms with Gasteiger partial charge < -0.3 is 16.0 Å². The predicted octanol–water partition coefficient (Wildman–Crippen LogP) is 1.47. The van der Waals surface area contributed by atoms with Gasteiger partial charge in [0, 0.05) is 47.8 Å². The summed E-state index contributed by atoms with van der Waals surface area (Å²) in [6.45, 7) is 3.21. The highest BCUT2D eigenvalue weighted by Gasteiger charge is 2.20. The van der Waals surface area contributed by atoms with Crippen LogP contribution in [0.15, 0.2) is 24.4 Å². The number of fused-ring (bicyclic) bond motifs is 3. The van der Waals surface area contributed by atoms with Gasteiger partial charge in [-0.05, 0) is 18.2 Å². The maximum Gasteiger partial charge on any atom is 0.264 e. The maximum atomic E-state index is 12.6. The fourth-order valence-electron chi connectivity index (χ4n) is 2.75. The van der Waals surface area contributed by atoms with E-state index in [9.17, 15) is 4.79 Å². The van der Waals surface area contributed by atoms with Crippen LogP contribution in [0.25, 0.3) is 21.0 Å². The number of benzene rings is 1. The molecule has 1 amide bonds. The lowest BCUT2D eigenvalue weighted by Crippen LogP contribution is -2.46. The minimum Gasteiger partial charge on any atom is -0.368 e. The lowest BCUT2D eigenvalue weighted by atomic mass is 10.1. The van der Waals surface area contributed by atoms with Crippen molar-refractivity contribution in [3.8, 4) is 0 Å². The van der Waals surface area contributed by atoms with E-state index in [0.29, 0.717) is 0 Å². The second-order valence-corrected chi connectivity index (χ2v) is 6.38. The Labute approximate surface area is 131 Å². The first kappa shape index (κ1) is 13.4. The zero-order valence-corrected chi connectivity index (χ0v) is 12.7. The van der Waals surface area contributed by atoms with Crippen LogP contribution < -0.4 is 11.1 Å². The normalized spacial score (nSPS) is 15.5. The van der Waals surface area contributed by atoms with Gasteiger partial charge in [0.25, 0.3) is 5.91 Å². The molecule has 0 spiro atoms. The van der Waals surface area contributed by atoms with Crippen LogP contribution in [-0.2, 0) is 0 Å². The van der Waals surface area contributed by atoms with E-state index in [1.54, 1.807) is 6.20 Å². The molecule has 1 aromatic carbocycles. The Kier molecular flexibility index (Phi) is 3.16. The van der Waals surface area contributed by atoms with Crippen molar-refractivity contribution in [1.29, 1.82) is 0 Å². The molecule has 7 heteroatoms. The Morgan fingerprint density at radius 3 is 2.95 bits per heavy atom. The van der Waals surface area contributed by atoms with E-state index >= 15 is 0 Å². The molecule has 0 radical (unpaired) electrons. The van der Waals surface area contributed by atoms with Crippen LogP contribution in [0.1, 0.15) is 9.67 Å². The quantitative estimate of drug-likeness (QED) is 0.711. The lowest BCUT2D eigenvalue weighted by Gasteiger charge is -2.26. The van der Waals surface area contributed by atoms with Crippen molar-refractivity contribution in [1.82, 2.24) is 20.2 Å². The van der Waals surface area contributed by atoms with E-state index in [0.717, 1.165) is 52.0 Å². The topological polar surface area (TPSA) is 84.1 Å². The van der Waals surface area contributed by atoms with Crippen LogP contribution in [-0.4, -0.2) is 47.0 Å². The van der Waals surface area contributed by atoms with Crippen molar-refractivity contribution in [2.24, 2.45) is 0 Å². The van der Waals surface area contributed by atoms with Crippen molar-refractivity contribution in [3.05, 3.63) is 29.3 Å². The van der Waals surface area contributed by atoms with Gasteiger partial charge in [-0.2, -0.15) is 0 Å². The smallest absolute Gasteiger partial charge is 0.264 e. The highest BCUT2D eigenvalue weighted by molar-refractivity contribution is 7.21. The van der Waals surface area contributed by atoms with Gasteiger partial charge >= 0.3 is 0 Å². The van der Waals surface area contributed by atoms with Crippen molar-refractivity contribution in [2.45, 2.75) is 0 Å². The molecule has 3 N–H and O–H groups in total. The fraction of sp³-hybridized carbons (Fsp3) is 0.267. The first-order valence-corrected chi connectivity index (χ1v) is 7.99. The maximum absolute atomic E-state index is 12.6. The standard InChI is InChI=1S/C15H15N5OS/c16-15-18-8-9-1-2-11-10(13(9)19-15)7-12(22-11)14(21)20-5-3-17-4-6-20/h1-2,7-8,17H,3-6H2,(H2,16,18,19). The number of hydrogen-bond acceptors (Lipinski definition) is 6. The van der Waals surface area contributed by atoms with Crippen LogP contribution in [0.4, 0.5) is 5.95 Å². The molecule has 3 heterocycles. The van der Waals surface area contributed by atoms with Gasteiger partial charge in [0.05, 0.1) is 10.4 Å². The molecule has 4 rings (SSSR count). The van der Waals surface area contributed by atoms with Gasteiger partial charge in [0.2, 0.25) is 5.95 Å². The molecule has 22 heavy (non-hydrogen) atoms. The first-order valence-electron chi connectivity index (χ1n) is 7.17. The molecule has 6 nitrogen and oxygen atoms in total. The van der Waals surface area contributed by atoms with Crippen molar-refractivity contribution in [2.75, 3.05) is 31.9 Å². The number of carbonyl (C=O) groups is 1. The van der Waals surface area contributed by atoms with E-state index in [4.69, 9.17) is 5.73 Å². The minimum absolute atomic E-state index is 0.0953. The van der Waals surface area contributed by atoms with Gasteiger partial charge in [-0.3, -0.25) is 4.79 Å². The molecule has 1 fully saturated rings. The van der Waals surface area contributed by atoms with Crippen LogP contribution in [0.2, 0.25) is 0 Å². The summed E-state index contributed by atoms with van der Waals surface area (Å²) < 4.78 is 1.05. The molecule has 1 aliphatic heterocycles. The average Bonchev–Trinajstić information content (AvgIpc) is 2.99. The molecule has 3 aromatic rings. The summed E-state index contributed by atoms with van der Waals surface area (Å²) in [6.07, 6.45) is 1.71. The number of hydrogen-bond donors (Lipinski definition) is 2. The number of aromatic nitrogens is 2. The fourth-order valence-corrected chi connectivity index (χ4v) is 3.78. The van der Waals surface area contributed by atoms with Gasteiger partial charge in [0.1, 0.15) is 0 Å². The van der Waals surface area contributed by atoms with E-state index in [2.05, 4.69) is 15.3 Å². The number of carbonyl (C=O) groups excluding carboxylic acids is 1. The van der Waals surface area contributed by atoms with Crippen LogP contribution in [0.5, 0.6) is 0 Å². The summed E-state index contributed by atoms with van der Waals surface area (Å²) in [5.74, 6) is 0.346. The van der Waals surface area contributed by atoms with Gasteiger partial charge in [-0.25, -0.2) is 9.97 Å². The summed E-state index contributed by atoms with van der Waals surface area (Å²) in [6, 6.07) is 5.91. The van der Waals surface area contributed by atoms with Crippen molar-refractivity contribution >= 4 is 44.2 Å². The molecule has 1 saturated heterocycles. The zero-order chi connectivity index (χ0) is 15.1. The van der Waals surface area contributed by atoms with Crippen LogP contribution in [0, 0.1) is 0 Å². The van der Waals surface area contributed by atoms with Crippen LogP contribution >= 0.6 is 11.3 Å². The third-order valence-corrected chi connectivity index (χ3v) is 4.97. The first-order chi connectivity index (χ1) is 10.7. The second kappa shape index (κ2) is 5.19. The Hall–Kier alpha value is -2.25. The molecular formula is C15H15N5OS. The number of thiophene rings is 1. The Morgan fingerprint density at radius 1 is 1.32 bits per heavy atom. The monoisotopic (exact) mass is 313 g/mol. The summed E-state index contributed by atoms with van der Waals surface area (Å²) in [4.78, 5) is 23.6. The van der Waals surface area contributed by atoms with E-state index in [1.807, 2.05) is 23.1 Å². The molecule has 0 saturated carbocycles. The number of nitrogens with two attached hydrogens (primary N) is 1. The van der Waals surface area contributed by atoms with Gasteiger partial charge in [-0.1, -0.05) is 0 Å². The predicted molar refractivity (Wildman–Crippen MR) is 88.1 cm³/mol. The largest absolute Gasteiger partial charge is 0.368 e. The molecular weight excluding hydrogens is 298 g/mol. The van der Waals surface area contributed by atoms with E-state index in [-0.39, 0.29) is 11.9 Å².